The Kier molecular flexibility index (Phi) is 5.41. The average Bonchev–Trinajstić information content (AvgIpc) is 2.36. The fraction of sp³-hybridized carbons (Fsp3) is 0.462. The number of benzene rings is 1. The summed E-state index contributed by atoms with van der Waals surface area (Å²) in [4.78, 5) is 12.0. The molecule has 0 heterocycles. The summed E-state index contributed by atoms with van der Waals surface area (Å²) in [6, 6.07) is 4.13. The minimum Gasteiger partial charge on any atom is -0.496 e. The van der Waals surface area contributed by atoms with E-state index in [2.05, 4.69) is 5.32 Å². The van der Waals surface area contributed by atoms with Crippen LogP contribution in [0.5, 0.6) is 5.75 Å². The predicted octanol–water partition coefficient (Wildman–Crippen LogP) is 2.83. The molecule has 18 heavy (non-hydrogen) atoms. The van der Waals surface area contributed by atoms with Gasteiger partial charge in [0.2, 0.25) is 0 Å². The van der Waals surface area contributed by atoms with E-state index < -0.39 is 11.7 Å². The second kappa shape index (κ2) is 6.59. The van der Waals surface area contributed by atoms with E-state index in [1.165, 1.54) is 19.2 Å². The molecule has 0 aliphatic heterocycles. The van der Waals surface area contributed by atoms with Crippen LogP contribution in [0.25, 0.3) is 0 Å². The summed E-state index contributed by atoms with van der Waals surface area (Å²) >= 11 is 5.72. The van der Waals surface area contributed by atoms with E-state index in [4.69, 9.17) is 16.3 Å². The molecule has 5 heteroatoms. The summed E-state index contributed by atoms with van der Waals surface area (Å²) in [7, 11) is 1.40. The Bertz CT molecular complexity index is 425. The second-order valence-electron chi connectivity index (χ2n) is 4.21. The molecule has 1 aromatic carbocycles. The fourth-order valence-corrected chi connectivity index (χ4v) is 1.72. The first-order valence-corrected chi connectivity index (χ1v) is 6.24. The molecule has 3 nitrogen and oxygen atoms in total. The van der Waals surface area contributed by atoms with Gasteiger partial charge in [-0.05, 0) is 25.0 Å². The molecule has 2 atom stereocenters. The van der Waals surface area contributed by atoms with Crippen LogP contribution in [0.15, 0.2) is 18.2 Å². The summed E-state index contributed by atoms with van der Waals surface area (Å²) in [6.07, 6.45) is 0. The number of hydrogen-bond donors (Lipinski definition) is 1. The molecule has 0 aliphatic rings. The Morgan fingerprint density at radius 1 is 1.50 bits per heavy atom. The highest BCUT2D eigenvalue weighted by Gasteiger charge is 2.21. The van der Waals surface area contributed by atoms with Crippen LogP contribution >= 0.6 is 11.6 Å². The number of hydrogen-bond acceptors (Lipinski definition) is 2. The molecule has 0 saturated carbocycles. The van der Waals surface area contributed by atoms with Gasteiger partial charge in [0.05, 0.1) is 7.11 Å². The summed E-state index contributed by atoms with van der Waals surface area (Å²) in [5, 5.41) is 2.72. The van der Waals surface area contributed by atoms with Gasteiger partial charge in [-0.3, -0.25) is 4.79 Å². The molecule has 0 fully saturated rings. The lowest BCUT2D eigenvalue weighted by molar-refractivity contribution is 0.0923. The Balaban J connectivity index is 2.91. The first-order valence-electron chi connectivity index (χ1n) is 5.70. The van der Waals surface area contributed by atoms with Crippen LogP contribution in [-0.2, 0) is 0 Å². The molecular weight excluding hydrogens is 257 g/mol. The summed E-state index contributed by atoms with van der Waals surface area (Å²) < 4.78 is 18.6. The highest BCUT2D eigenvalue weighted by Crippen LogP contribution is 2.21. The van der Waals surface area contributed by atoms with E-state index in [-0.39, 0.29) is 23.3 Å². The molecule has 1 rings (SSSR count). The van der Waals surface area contributed by atoms with Crippen molar-refractivity contribution >= 4 is 17.5 Å². The number of halogens is 2. The molecule has 0 radical (unpaired) electrons. The lowest BCUT2D eigenvalue weighted by atomic mass is 10.1. The Hall–Kier alpha value is -1.29. The third kappa shape index (κ3) is 3.35. The van der Waals surface area contributed by atoms with E-state index in [1.54, 1.807) is 6.07 Å². The lowest BCUT2D eigenvalue weighted by Crippen LogP contribution is -2.38. The quantitative estimate of drug-likeness (QED) is 0.838. The second-order valence-corrected chi connectivity index (χ2v) is 4.52. The van der Waals surface area contributed by atoms with Crippen LogP contribution in [0, 0.1) is 11.7 Å². The van der Waals surface area contributed by atoms with Crippen molar-refractivity contribution in [2.75, 3.05) is 13.0 Å². The molecule has 0 aliphatic carbocycles. The number of amides is 1. The van der Waals surface area contributed by atoms with Gasteiger partial charge in [0.1, 0.15) is 17.1 Å². The zero-order valence-electron chi connectivity index (χ0n) is 10.7. The van der Waals surface area contributed by atoms with Crippen molar-refractivity contribution in [3.05, 3.63) is 29.6 Å². The van der Waals surface area contributed by atoms with Crippen molar-refractivity contribution in [1.29, 1.82) is 0 Å². The maximum atomic E-state index is 13.7. The van der Waals surface area contributed by atoms with Gasteiger partial charge in [-0.25, -0.2) is 4.39 Å². The van der Waals surface area contributed by atoms with Crippen molar-refractivity contribution < 1.29 is 13.9 Å². The number of methoxy groups -OCH3 is 1. The first kappa shape index (κ1) is 14.8. The lowest BCUT2D eigenvalue weighted by Gasteiger charge is -2.20. The van der Waals surface area contributed by atoms with E-state index >= 15 is 0 Å². The zero-order valence-corrected chi connectivity index (χ0v) is 11.4. The SMILES string of the molecule is COc1cccc(F)c1C(=O)NC(C)C(C)CCl. The molecule has 0 aromatic heterocycles. The number of nitrogens with one attached hydrogen (secondary N) is 1. The van der Waals surface area contributed by atoms with Crippen LogP contribution in [0.1, 0.15) is 24.2 Å². The van der Waals surface area contributed by atoms with Crippen molar-refractivity contribution in [2.24, 2.45) is 5.92 Å². The predicted molar refractivity (Wildman–Crippen MR) is 69.8 cm³/mol. The minimum atomic E-state index is -0.599. The monoisotopic (exact) mass is 273 g/mol. The summed E-state index contributed by atoms with van der Waals surface area (Å²) in [6.45, 7) is 3.74. The number of carbonyl (C=O) groups is 1. The third-order valence-electron chi connectivity index (χ3n) is 2.88. The van der Waals surface area contributed by atoms with Crippen LogP contribution < -0.4 is 10.1 Å². The van der Waals surface area contributed by atoms with Crippen molar-refractivity contribution in [1.82, 2.24) is 5.32 Å². The normalized spacial score (nSPS) is 13.8. The fourth-order valence-electron chi connectivity index (χ4n) is 1.45. The molecular formula is C13H17ClFNO2. The van der Waals surface area contributed by atoms with Crippen molar-refractivity contribution in [3.63, 3.8) is 0 Å². The molecule has 1 N–H and O–H groups in total. The van der Waals surface area contributed by atoms with Gasteiger partial charge in [0.25, 0.3) is 5.91 Å². The molecule has 100 valence electrons. The number of rotatable bonds is 5. The first-order chi connectivity index (χ1) is 8.51. The van der Waals surface area contributed by atoms with Gasteiger partial charge in [-0.2, -0.15) is 0 Å². The molecule has 0 saturated heterocycles. The van der Waals surface area contributed by atoms with Gasteiger partial charge in [0.15, 0.2) is 0 Å². The van der Waals surface area contributed by atoms with Crippen molar-refractivity contribution in [2.45, 2.75) is 19.9 Å². The van der Waals surface area contributed by atoms with Gasteiger partial charge >= 0.3 is 0 Å². The number of carbonyl (C=O) groups excluding carboxylic acids is 1. The summed E-state index contributed by atoms with van der Waals surface area (Å²) in [5.41, 5.74) is -0.0753. The van der Waals surface area contributed by atoms with Gasteiger partial charge in [-0.15, -0.1) is 11.6 Å². The van der Waals surface area contributed by atoms with Crippen LogP contribution in [-0.4, -0.2) is 24.9 Å². The highest BCUT2D eigenvalue weighted by atomic mass is 35.5. The van der Waals surface area contributed by atoms with Crippen LogP contribution in [0.2, 0.25) is 0 Å². The molecule has 0 bridgehead atoms. The maximum Gasteiger partial charge on any atom is 0.258 e. The van der Waals surface area contributed by atoms with Gasteiger partial charge in [0, 0.05) is 11.9 Å². The number of ether oxygens (including phenoxy) is 1. The minimum absolute atomic E-state index is 0.0753. The van der Waals surface area contributed by atoms with Gasteiger partial charge in [-0.1, -0.05) is 13.0 Å². The Morgan fingerprint density at radius 2 is 2.17 bits per heavy atom. The molecule has 2 unspecified atom stereocenters. The largest absolute Gasteiger partial charge is 0.496 e. The maximum absolute atomic E-state index is 13.7. The standard InChI is InChI=1S/C13H17ClFNO2/c1-8(7-14)9(2)16-13(17)12-10(15)5-4-6-11(12)18-3/h4-6,8-9H,7H2,1-3H3,(H,16,17). The van der Waals surface area contributed by atoms with E-state index in [9.17, 15) is 9.18 Å². The van der Waals surface area contributed by atoms with E-state index in [1.807, 2.05) is 13.8 Å². The van der Waals surface area contributed by atoms with Crippen molar-refractivity contribution in [3.8, 4) is 5.75 Å². The van der Waals surface area contributed by atoms with Crippen LogP contribution in [0.4, 0.5) is 4.39 Å². The zero-order chi connectivity index (χ0) is 13.7. The van der Waals surface area contributed by atoms with E-state index in [0.717, 1.165) is 0 Å². The van der Waals surface area contributed by atoms with Crippen LogP contribution in [0.3, 0.4) is 0 Å². The Labute approximate surface area is 111 Å². The molecule has 1 aromatic rings. The smallest absolute Gasteiger partial charge is 0.258 e. The van der Waals surface area contributed by atoms with E-state index in [0.29, 0.717) is 5.88 Å². The van der Waals surface area contributed by atoms with Gasteiger partial charge < -0.3 is 10.1 Å². The Morgan fingerprint density at radius 3 is 2.72 bits per heavy atom. The average molecular weight is 274 g/mol. The molecule has 0 spiro atoms. The number of alkyl halides is 1. The topological polar surface area (TPSA) is 38.3 Å². The third-order valence-corrected chi connectivity index (χ3v) is 3.36. The highest BCUT2D eigenvalue weighted by molar-refractivity contribution is 6.18. The summed E-state index contributed by atoms with van der Waals surface area (Å²) in [5.74, 6) is -0.339. The molecule has 1 amide bonds.